The summed E-state index contributed by atoms with van der Waals surface area (Å²) in [5.41, 5.74) is 6.04. The minimum absolute atomic E-state index is 0.121. The van der Waals surface area contributed by atoms with E-state index >= 15 is 0 Å². The fraction of sp³-hybridized carbons (Fsp3) is 0.176. The van der Waals surface area contributed by atoms with E-state index in [1.165, 1.54) is 63.5 Å². The maximum Gasteiger partial charge on any atom is 0.267 e. The Hall–Kier alpha value is -2.87. The lowest BCUT2D eigenvalue weighted by molar-refractivity contribution is 0.0996. The van der Waals surface area contributed by atoms with Gasteiger partial charge in [0.05, 0.1) is 12.8 Å². The molecule has 0 atom stereocenters. The molecule has 0 spiro atoms. The molecule has 7 nitrogen and oxygen atoms in total. The summed E-state index contributed by atoms with van der Waals surface area (Å²) in [6.07, 6.45) is 0. The molecule has 0 aliphatic carbocycles. The Labute approximate surface area is 146 Å². The van der Waals surface area contributed by atoms with Gasteiger partial charge in [-0.1, -0.05) is 0 Å². The van der Waals surface area contributed by atoms with Gasteiger partial charge in [0.1, 0.15) is 10.6 Å². The number of primary amides is 1. The monoisotopic (exact) mass is 362 g/mol. The maximum atomic E-state index is 12.9. The maximum absolute atomic E-state index is 12.9. The van der Waals surface area contributed by atoms with Crippen LogP contribution in [0.25, 0.3) is 0 Å². The molecule has 0 bridgehead atoms. The number of benzene rings is 2. The van der Waals surface area contributed by atoms with Gasteiger partial charge in [-0.25, -0.2) is 8.42 Å². The number of ether oxygens (including phenoxy) is 1. The van der Waals surface area contributed by atoms with Crippen LogP contribution >= 0.6 is 0 Å². The molecule has 2 aromatic rings. The number of methoxy groups -OCH3 is 1. The van der Waals surface area contributed by atoms with Crippen LogP contribution in [0.5, 0.6) is 5.75 Å². The lowest BCUT2D eigenvalue weighted by Crippen LogP contribution is -2.27. The summed E-state index contributed by atoms with van der Waals surface area (Å²) in [7, 11) is -1.26. The second kappa shape index (κ2) is 6.94. The summed E-state index contributed by atoms with van der Waals surface area (Å²) in [5.74, 6) is -0.730. The van der Waals surface area contributed by atoms with Gasteiger partial charge in [-0.05, 0) is 49.4 Å². The van der Waals surface area contributed by atoms with Crippen LogP contribution in [-0.2, 0) is 10.0 Å². The first-order chi connectivity index (χ1) is 11.7. The first kappa shape index (κ1) is 18.5. The first-order valence-electron chi connectivity index (χ1n) is 7.26. The highest BCUT2D eigenvalue weighted by molar-refractivity contribution is 7.92. The molecule has 132 valence electrons. The number of amides is 1. The smallest absolute Gasteiger partial charge is 0.267 e. The third-order valence-electron chi connectivity index (χ3n) is 3.72. The Bertz CT molecular complexity index is 921. The van der Waals surface area contributed by atoms with Gasteiger partial charge in [0.25, 0.3) is 10.0 Å². The zero-order valence-corrected chi connectivity index (χ0v) is 14.8. The van der Waals surface area contributed by atoms with E-state index in [0.717, 1.165) is 4.31 Å². The van der Waals surface area contributed by atoms with Crippen LogP contribution in [-0.4, -0.2) is 34.3 Å². The summed E-state index contributed by atoms with van der Waals surface area (Å²) in [4.78, 5) is 22.6. The zero-order valence-electron chi connectivity index (χ0n) is 14.0. The molecular weight excluding hydrogens is 344 g/mol. The van der Waals surface area contributed by atoms with Crippen molar-refractivity contribution in [1.29, 1.82) is 0 Å². The summed E-state index contributed by atoms with van der Waals surface area (Å²) in [5, 5.41) is 0. The largest absolute Gasteiger partial charge is 0.495 e. The second-order valence-corrected chi connectivity index (χ2v) is 7.24. The SMILES string of the molecule is COc1ccc(C(C)=O)cc1S(=O)(=O)N(C)c1ccc(C(N)=O)cc1. The highest BCUT2D eigenvalue weighted by Crippen LogP contribution is 2.30. The molecule has 0 unspecified atom stereocenters. The van der Waals surface area contributed by atoms with E-state index in [9.17, 15) is 18.0 Å². The second-order valence-electron chi connectivity index (χ2n) is 5.31. The Morgan fingerprint density at radius 3 is 2.08 bits per heavy atom. The third-order valence-corrected chi connectivity index (χ3v) is 5.53. The van der Waals surface area contributed by atoms with Crippen molar-refractivity contribution in [1.82, 2.24) is 0 Å². The van der Waals surface area contributed by atoms with Crippen molar-refractivity contribution in [2.24, 2.45) is 5.73 Å². The van der Waals surface area contributed by atoms with E-state index in [0.29, 0.717) is 5.69 Å². The Kier molecular flexibility index (Phi) is 5.13. The zero-order chi connectivity index (χ0) is 18.8. The van der Waals surface area contributed by atoms with Gasteiger partial charge in [-0.3, -0.25) is 13.9 Å². The van der Waals surface area contributed by atoms with Crippen LogP contribution in [0.1, 0.15) is 27.6 Å². The van der Waals surface area contributed by atoms with Crippen LogP contribution in [0.4, 0.5) is 5.69 Å². The molecule has 1 amide bonds. The van der Waals surface area contributed by atoms with Crippen molar-refractivity contribution in [3.8, 4) is 5.75 Å². The summed E-state index contributed by atoms with van der Waals surface area (Å²) >= 11 is 0. The molecule has 8 heteroatoms. The number of anilines is 1. The van der Waals surface area contributed by atoms with Crippen LogP contribution in [0.2, 0.25) is 0 Å². The van der Waals surface area contributed by atoms with Gasteiger partial charge >= 0.3 is 0 Å². The summed E-state index contributed by atoms with van der Waals surface area (Å²) in [6, 6.07) is 10.0. The number of carbonyl (C=O) groups is 2. The van der Waals surface area contributed by atoms with E-state index in [2.05, 4.69) is 0 Å². The predicted octanol–water partition coefficient (Wildman–Crippen LogP) is 1.82. The van der Waals surface area contributed by atoms with Gasteiger partial charge in [-0.2, -0.15) is 0 Å². The van der Waals surface area contributed by atoms with E-state index in [1.807, 2.05) is 0 Å². The quantitative estimate of drug-likeness (QED) is 0.789. The number of carbonyl (C=O) groups excluding carboxylic acids is 2. The fourth-order valence-corrected chi connectivity index (χ4v) is 3.60. The van der Waals surface area contributed by atoms with Crippen molar-refractivity contribution in [2.45, 2.75) is 11.8 Å². The molecule has 0 aliphatic heterocycles. The van der Waals surface area contributed by atoms with E-state index in [4.69, 9.17) is 10.5 Å². The van der Waals surface area contributed by atoms with Crippen molar-refractivity contribution in [2.75, 3.05) is 18.5 Å². The Morgan fingerprint density at radius 2 is 1.60 bits per heavy atom. The van der Waals surface area contributed by atoms with Crippen molar-refractivity contribution < 1.29 is 22.7 Å². The number of hydrogen-bond acceptors (Lipinski definition) is 5. The van der Waals surface area contributed by atoms with Gasteiger partial charge in [0.2, 0.25) is 5.91 Å². The Balaban J connectivity index is 2.51. The molecular formula is C17H18N2O5S. The van der Waals surface area contributed by atoms with Gasteiger partial charge < -0.3 is 10.5 Å². The average Bonchev–Trinajstić information content (AvgIpc) is 2.60. The molecule has 2 N–H and O–H groups in total. The van der Waals surface area contributed by atoms with E-state index in [-0.39, 0.29) is 27.6 Å². The molecule has 0 aromatic heterocycles. The lowest BCUT2D eigenvalue weighted by Gasteiger charge is -2.21. The minimum atomic E-state index is -3.98. The first-order valence-corrected chi connectivity index (χ1v) is 8.70. The molecule has 0 aliphatic rings. The standard InChI is InChI=1S/C17H18N2O5S/c1-11(20)13-6-9-15(24-3)16(10-13)25(22,23)19(2)14-7-4-12(5-8-14)17(18)21/h4-10H,1-3H3,(H2,18,21). The van der Waals surface area contributed by atoms with Crippen molar-refractivity contribution >= 4 is 27.4 Å². The van der Waals surface area contributed by atoms with Crippen molar-refractivity contribution in [3.05, 3.63) is 53.6 Å². The highest BCUT2D eigenvalue weighted by atomic mass is 32.2. The lowest BCUT2D eigenvalue weighted by atomic mass is 10.1. The number of Topliss-reactive ketones (excluding diaryl/α,β-unsaturated/α-hetero) is 1. The van der Waals surface area contributed by atoms with E-state index < -0.39 is 15.9 Å². The van der Waals surface area contributed by atoms with Crippen LogP contribution in [0.3, 0.4) is 0 Å². The molecule has 0 saturated carbocycles. The van der Waals surface area contributed by atoms with Gasteiger partial charge in [0, 0.05) is 18.2 Å². The molecule has 0 fully saturated rings. The van der Waals surface area contributed by atoms with Gasteiger partial charge in [-0.15, -0.1) is 0 Å². The highest BCUT2D eigenvalue weighted by Gasteiger charge is 2.26. The normalized spacial score (nSPS) is 11.0. The molecule has 2 aromatic carbocycles. The predicted molar refractivity (Wildman–Crippen MR) is 93.5 cm³/mol. The summed E-state index contributed by atoms with van der Waals surface area (Å²) < 4.78 is 32.1. The number of ketones is 1. The average molecular weight is 362 g/mol. The molecule has 0 saturated heterocycles. The van der Waals surface area contributed by atoms with Crippen LogP contribution in [0.15, 0.2) is 47.4 Å². The fourth-order valence-electron chi connectivity index (χ4n) is 2.22. The number of rotatable bonds is 6. The number of nitrogens with two attached hydrogens (primary N) is 1. The Morgan fingerprint density at radius 1 is 1.04 bits per heavy atom. The van der Waals surface area contributed by atoms with E-state index in [1.54, 1.807) is 0 Å². The number of hydrogen-bond donors (Lipinski definition) is 1. The number of sulfonamides is 1. The van der Waals surface area contributed by atoms with Crippen molar-refractivity contribution in [3.63, 3.8) is 0 Å². The van der Waals surface area contributed by atoms with Crippen LogP contribution < -0.4 is 14.8 Å². The van der Waals surface area contributed by atoms with Gasteiger partial charge in [0.15, 0.2) is 5.78 Å². The molecule has 2 rings (SSSR count). The topological polar surface area (TPSA) is 107 Å². The third kappa shape index (κ3) is 3.63. The minimum Gasteiger partial charge on any atom is -0.495 e. The molecule has 25 heavy (non-hydrogen) atoms. The number of nitrogens with zero attached hydrogens (tertiary/aromatic N) is 1. The molecule has 0 radical (unpaired) electrons. The van der Waals surface area contributed by atoms with Crippen LogP contribution in [0, 0.1) is 0 Å². The summed E-state index contributed by atoms with van der Waals surface area (Å²) in [6.45, 7) is 1.35. The molecule has 0 heterocycles.